The van der Waals surface area contributed by atoms with Crippen molar-refractivity contribution in [2.75, 3.05) is 19.0 Å². The van der Waals surface area contributed by atoms with Crippen molar-refractivity contribution in [3.63, 3.8) is 0 Å². The fourth-order valence-electron chi connectivity index (χ4n) is 2.27. The van der Waals surface area contributed by atoms with Gasteiger partial charge in [0.15, 0.2) is 5.82 Å². The van der Waals surface area contributed by atoms with E-state index in [1.165, 1.54) is 12.1 Å². The second-order valence-electron chi connectivity index (χ2n) is 4.93. The molecule has 0 saturated heterocycles. The lowest BCUT2D eigenvalue weighted by Crippen LogP contribution is -2.10. The Balaban J connectivity index is 2.20. The van der Waals surface area contributed by atoms with Gasteiger partial charge in [-0.2, -0.15) is 5.10 Å². The molecule has 0 amide bonds. The quantitative estimate of drug-likeness (QED) is 0.801. The average Bonchev–Trinajstić information content (AvgIpc) is 2.94. The molecule has 5 heteroatoms. The number of rotatable bonds is 3. The van der Waals surface area contributed by atoms with E-state index >= 15 is 0 Å². The van der Waals surface area contributed by atoms with Crippen LogP contribution < -0.4 is 4.90 Å². The number of nitrogens with zero attached hydrogens (tertiary/aromatic N) is 3. The Morgan fingerprint density at radius 3 is 2.24 bits per heavy atom. The van der Waals surface area contributed by atoms with E-state index in [0.717, 1.165) is 28.2 Å². The highest BCUT2D eigenvalue weighted by atomic mass is 19.1. The van der Waals surface area contributed by atoms with E-state index in [2.05, 4.69) is 15.2 Å². The lowest BCUT2D eigenvalue weighted by atomic mass is 10.0. The molecule has 0 atom stereocenters. The van der Waals surface area contributed by atoms with Crippen LogP contribution >= 0.6 is 0 Å². The summed E-state index contributed by atoms with van der Waals surface area (Å²) >= 11 is 0. The van der Waals surface area contributed by atoms with Gasteiger partial charge in [-0.15, -0.1) is 0 Å². The maximum Gasteiger partial charge on any atom is 0.158 e. The summed E-state index contributed by atoms with van der Waals surface area (Å²) in [5.41, 5.74) is 3.75. The summed E-state index contributed by atoms with van der Waals surface area (Å²) in [5, 5.41) is 7.43. The number of pyridine rings is 1. The van der Waals surface area contributed by atoms with E-state index in [4.69, 9.17) is 0 Å². The van der Waals surface area contributed by atoms with Crippen LogP contribution in [0.15, 0.2) is 48.8 Å². The molecule has 1 N–H and O–H groups in total. The number of aromatic amines is 1. The van der Waals surface area contributed by atoms with Crippen molar-refractivity contribution in [2.45, 2.75) is 0 Å². The molecule has 0 saturated carbocycles. The zero-order chi connectivity index (χ0) is 14.8. The Morgan fingerprint density at radius 1 is 0.952 bits per heavy atom. The predicted molar refractivity (Wildman–Crippen MR) is 81.5 cm³/mol. The zero-order valence-electron chi connectivity index (χ0n) is 11.8. The number of aromatic nitrogens is 3. The number of anilines is 1. The molecule has 3 aromatic rings. The third-order valence-electron chi connectivity index (χ3n) is 3.27. The number of halogens is 1. The highest BCUT2D eigenvalue weighted by molar-refractivity contribution is 5.88. The van der Waals surface area contributed by atoms with Gasteiger partial charge in [0, 0.05) is 32.1 Å². The molecule has 2 heterocycles. The third kappa shape index (κ3) is 2.50. The molecule has 0 fully saturated rings. The van der Waals surface area contributed by atoms with Crippen LogP contribution in [0.3, 0.4) is 0 Å². The standard InChI is InChI=1S/C16H15FN4/c1-21(2)16-14(11-7-9-18-10-8-11)15(19-20-16)12-3-5-13(17)6-4-12/h3-10H,1-2H3,(H,19,20). The van der Waals surface area contributed by atoms with Gasteiger partial charge in [0.25, 0.3) is 0 Å². The molecular weight excluding hydrogens is 267 g/mol. The highest BCUT2D eigenvalue weighted by Gasteiger charge is 2.17. The Labute approximate surface area is 122 Å². The van der Waals surface area contributed by atoms with E-state index < -0.39 is 0 Å². The SMILES string of the molecule is CN(C)c1n[nH]c(-c2ccc(F)cc2)c1-c1ccncc1. The first-order valence-electron chi connectivity index (χ1n) is 6.59. The van der Waals surface area contributed by atoms with Crippen LogP contribution in [0.5, 0.6) is 0 Å². The van der Waals surface area contributed by atoms with Gasteiger partial charge in [-0.1, -0.05) is 0 Å². The van der Waals surface area contributed by atoms with Crippen molar-refractivity contribution in [3.05, 3.63) is 54.6 Å². The molecular formula is C16H15FN4. The Hall–Kier alpha value is -2.69. The van der Waals surface area contributed by atoms with Crippen LogP contribution in [0.1, 0.15) is 0 Å². The molecule has 0 aliphatic heterocycles. The number of H-pyrrole nitrogens is 1. The maximum atomic E-state index is 13.1. The lowest BCUT2D eigenvalue weighted by Gasteiger charge is -2.12. The summed E-state index contributed by atoms with van der Waals surface area (Å²) in [6.45, 7) is 0. The molecule has 0 unspecified atom stereocenters. The summed E-state index contributed by atoms with van der Waals surface area (Å²) in [7, 11) is 3.88. The average molecular weight is 282 g/mol. The van der Waals surface area contributed by atoms with Gasteiger partial charge in [-0.25, -0.2) is 4.39 Å². The molecule has 0 bridgehead atoms. The third-order valence-corrected chi connectivity index (χ3v) is 3.27. The van der Waals surface area contributed by atoms with E-state index in [1.807, 2.05) is 31.1 Å². The van der Waals surface area contributed by atoms with Crippen molar-refractivity contribution < 1.29 is 4.39 Å². The molecule has 0 aliphatic rings. The molecule has 2 aromatic heterocycles. The summed E-state index contributed by atoms with van der Waals surface area (Å²) in [4.78, 5) is 5.99. The second-order valence-corrected chi connectivity index (χ2v) is 4.93. The molecule has 3 rings (SSSR count). The second kappa shape index (κ2) is 5.36. The molecule has 21 heavy (non-hydrogen) atoms. The Kier molecular flexibility index (Phi) is 3.39. The summed E-state index contributed by atoms with van der Waals surface area (Å²) in [5.74, 6) is 0.581. The van der Waals surface area contributed by atoms with Crippen molar-refractivity contribution in [2.24, 2.45) is 0 Å². The number of benzene rings is 1. The molecule has 106 valence electrons. The number of hydrogen-bond donors (Lipinski definition) is 1. The van der Waals surface area contributed by atoms with Crippen LogP contribution in [-0.2, 0) is 0 Å². The van der Waals surface area contributed by atoms with Crippen LogP contribution in [0, 0.1) is 5.82 Å². The Bertz CT molecular complexity index is 733. The van der Waals surface area contributed by atoms with Gasteiger partial charge in [-0.05, 0) is 42.0 Å². The fraction of sp³-hybridized carbons (Fsp3) is 0.125. The number of hydrogen-bond acceptors (Lipinski definition) is 3. The minimum atomic E-state index is -0.253. The minimum absolute atomic E-state index is 0.253. The zero-order valence-corrected chi connectivity index (χ0v) is 11.8. The van der Waals surface area contributed by atoms with Gasteiger partial charge in [0.1, 0.15) is 5.82 Å². The van der Waals surface area contributed by atoms with Gasteiger partial charge in [0.2, 0.25) is 0 Å². The monoisotopic (exact) mass is 282 g/mol. The van der Waals surface area contributed by atoms with E-state index in [9.17, 15) is 4.39 Å². The predicted octanol–water partition coefficient (Wildman–Crippen LogP) is 3.34. The first-order chi connectivity index (χ1) is 10.2. The summed E-state index contributed by atoms with van der Waals surface area (Å²) in [6.07, 6.45) is 3.49. The van der Waals surface area contributed by atoms with Gasteiger partial charge in [-0.3, -0.25) is 10.1 Å². The first-order valence-corrected chi connectivity index (χ1v) is 6.59. The van der Waals surface area contributed by atoms with Crippen LogP contribution in [0.25, 0.3) is 22.4 Å². The lowest BCUT2D eigenvalue weighted by molar-refractivity contribution is 0.628. The molecule has 0 aliphatic carbocycles. The summed E-state index contributed by atoms with van der Waals surface area (Å²) in [6, 6.07) is 10.2. The topological polar surface area (TPSA) is 44.8 Å². The van der Waals surface area contributed by atoms with Crippen molar-refractivity contribution in [1.29, 1.82) is 0 Å². The van der Waals surface area contributed by atoms with Gasteiger partial charge in [0.05, 0.1) is 11.3 Å². The van der Waals surface area contributed by atoms with E-state index in [1.54, 1.807) is 24.5 Å². The smallest absolute Gasteiger partial charge is 0.158 e. The van der Waals surface area contributed by atoms with E-state index in [-0.39, 0.29) is 5.82 Å². The molecule has 0 spiro atoms. The highest BCUT2D eigenvalue weighted by Crippen LogP contribution is 2.36. The van der Waals surface area contributed by atoms with Crippen LogP contribution in [0.2, 0.25) is 0 Å². The van der Waals surface area contributed by atoms with Gasteiger partial charge >= 0.3 is 0 Å². The van der Waals surface area contributed by atoms with Crippen LogP contribution in [-0.4, -0.2) is 29.3 Å². The van der Waals surface area contributed by atoms with Crippen LogP contribution in [0.4, 0.5) is 10.2 Å². The van der Waals surface area contributed by atoms with E-state index in [0.29, 0.717) is 0 Å². The van der Waals surface area contributed by atoms with Crippen molar-refractivity contribution in [3.8, 4) is 22.4 Å². The fourth-order valence-corrected chi connectivity index (χ4v) is 2.27. The maximum absolute atomic E-state index is 13.1. The molecule has 4 nitrogen and oxygen atoms in total. The van der Waals surface area contributed by atoms with Gasteiger partial charge < -0.3 is 4.90 Å². The van der Waals surface area contributed by atoms with Crippen molar-refractivity contribution >= 4 is 5.82 Å². The van der Waals surface area contributed by atoms with Crippen molar-refractivity contribution in [1.82, 2.24) is 15.2 Å². The molecule has 1 aromatic carbocycles. The minimum Gasteiger partial charge on any atom is -0.361 e. The largest absolute Gasteiger partial charge is 0.361 e. The normalized spacial score (nSPS) is 10.6. The molecule has 0 radical (unpaired) electrons. The summed E-state index contributed by atoms with van der Waals surface area (Å²) < 4.78 is 13.1. The Morgan fingerprint density at radius 2 is 1.62 bits per heavy atom. The first kappa shape index (κ1) is 13.3. The number of nitrogens with one attached hydrogen (secondary N) is 1.